The van der Waals surface area contributed by atoms with Gasteiger partial charge in [0.15, 0.2) is 0 Å². The first kappa shape index (κ1) is 15.7. The Morgan fingerprint density at radius 3 is 2.15 bits per heavy atom. The minimum absolute atomic E-state index is 0.0712. The Labute approximate surface area is 117 Å². The minimum atomic E-state index is -1.15. The van der Waals surface area contributed by atoms with Gasteiger partial charge < -0.3 is 14.6 Å². The first-order valence-electron chi connectivity index (χ1n) is 5.84. The number of esters is 2. The Bertz CT molecular complexity index is 585. The van der Waals surface area contributed by atoms with E-state index in [1.54, 1.807) is 19.9 Å². The molecule has 0 aliphatic rings. The number of ether oxygens (including phenoxy) is 2. The Balaban J connectivity index is 3.30. The molecule has 0 amide bonds. The van der Waals surface area contributed by atoms with Gasteiger partial charge in [0.1, 0.15) is 5.60 Å². The van der Waals surface area contributed by atoms with Gasteiger partial charge >= 0.3 is 11.9 Å². The predicted molar refractivity (Wildman–Crippen MR) is 72.3 cm³/mol. The second-order valence-corrected chi connectivity index (χ2v) is 4.55. The number of hydrogen-bond acceptors (Lipinski definition) is 5. The molecule has 0 atom stereocenters. The van der Waals surface area contributed by atoms with Crippen LogP contribution in [-0.4, -0.2) is 36.9 Å². The summed E-state index contributed by atoms with van der Waals surface area (Å²) in [5.41, 5.74) is -0.484. The van der Waals surface area contributed by atoms with Gasteiger partial charge in [-0.3, -0.25) is 0 Å². The highest BCUT2D eigenvalue weighted by atomic mass is 16.5. The van der Waals surface area contributed by atoms with Crippen molar-refractivity contribution in [2.75, 3.05) is 14.2 Å². The summed E-state index contributed by atoms with van der Waals surface area (Å²) in [6, 6.07) is 4.43. The molecule has 0 radical (unpaired) electrons. The minimum Gasteiger partial charge on any atom is -0.465 e. The Hall–Kier alpha value is -2.32. The number of rotatable bonds is 2. The molecule has 0 aromatic heterocycles. The fraction of sp³-hybridized carbons (Fsp3) is 0.333. The van der Waals surface area contributed by atoms with E-state index in [0.717, 1.165) is 0 Å². The molecule has 0 saturated heterocycles. The quantitative estimate of drug-likeness (QED) is 0.652. The molecule has 0 spiro atoms. The number of carbonyl (C=O) groups is 2. The zero-order valence-corrected chi connectivity index (χ0v) is 11.8. The van der Waals surface area contributed by atoms with Crippen LogP contribution in [0.2, 0.25) is 0 Å². The smallest absolute Gasteiger partial charge is 0.338 e. The molecule has 1 N–H and O–H groups in total. The van der Waals surface area contributed by atoms with Gasteiger partial charge in [0.05, 0.1) is 25.3 Å². The molecule has 0 saturated carbocycles. The molecule has 0 bridgehead atoms. The summed E-state index contributed by atoms with van der Waals surface area (Å²) in [6.07, 6.45) is 0. The van der Waals surface area contributed by atoms with Crippen molar-refractivity contribution in [3.05, 3.63) is 34.9 Å². The Kier molecular flexibility index (Phi) is 4.89. The van der Waals surface area contributed by atoms with Crippen LogP contribution in [0.15, 0.2) is 18.2 Å². The van der Waals surface area contributed by atoms with E-state index in [2.05, 4.69) is 21.3 Å². The zero-order valence-electron chi connectivity index (χ0n) is 11.8. The van der Waals surface area contributed by atoms with Gasteiger partial charge in [-0.2, -0.15) is 0 Å². The van der Waals surface area contributed by atoms with E-state index in [-0.39, 0.29) is 11.1 Å². The summed E-state index contributed by atoms with van der Waals surface area (Å²) in [4.78, 5) is 23.3. The lowest BCUT2D eigenvalue weighted by Gasteiger charge is -2.08. The topological polar surface area (TPSA) is 72.8 Å². The van der Waals surface area contributed by atoms with Crippen LogP contribution in [0, 0.1) is 11.8 Å². The van der Waals surface area contributed by atoms with Crippen molar-refractivity contribution in [3.63, 3.8) is 0 Å². The maximum Gasteiger partial charge on any atom is 0.338 e. The van der Waals surface area contributed by atoms with Crippen LogP contribution in [0.5, 0.6) is 0 Å². The highest BCUT2D eigenvalue weighted by molar-refractivity contribution is 6.03. The highest BCUT2D eigenvalue weighted by Gasteiger charge is 2.18. The third-order valence-electron chi connectivity index (χ3n) is 2.34. The van der Waals surface area contributed by atoms with Crippen LogP contribution < -0.4 is 0 Å². The molecule has 0 aliphatic heterocycles. The molecule has 5 heteroatoms. The Morgan fingerprint density at radius 1 is 1.10 bits per heavy atom. The molecular weight excluding hydrogens is 260 g/mol. The SMILES string of the molecule is COC(=O)c1ccc(C#CC(C)(C)O)cc1C(=O)OC. The molecule has 1 aromatic carbocycles. The van der Waals surface area contributed by atoms with Crippen molar-refractivity contribution in [3.8, 4) is 11.8 Å². The van der Waals surface area contributed by atoms with Crippen LogP contribution in [0.4, 0.5) is 0 Å². The van der Waals surface area contributed by atoms with Gasteiger partial charge in [-0.1, -0.05) is 11.8 Å². The molecule has 0 heterocycles. The van der Waals surface area contributed by atoms with Crippen LogP contribution in [0.25, 0.3) is 0 Å². The third kappa shape index (κ3) is 4.11. The lowest BCUT2D eigenvalue weighted by molar-refractivity contribution is 0.0555. The molecule has 106 valence electrons. The Morgan fingerprint density at radius 2 is 1.65 bits per heavy atom. The molecule has 20 heavy (non-hydrogen) atoms. The van der Waals surface area contributed by atoms with Crippen molar-refractivity contribution in [1.82, 2.24) is 0 Å². The van der Waals surface area contributed by atoms with Crippen LogP contribution >= 0.6 is 0 Å². The van der Waals surface area contributed by atoms with Crippen molar-refractivity contribution >= 4 is 11.9 Å². The number of benzene rings is 1. The number of carbonyl (C=O) groups excluding carboxylic acids is 2. The molecule has 0 unspecified atom stereocenters. The van der Waals surface area contributed by atoms with E-state index in [1.807, 2.05) is 0 Å². The van der Waals surface area contributed by atoms with Crippen molar-refractivity contribution in [2.45, 2.75) is 19.4 Å². The summed E-state index contributed by atoms with van der Waals surface area (Å²) in [5.74, 6) is 4.06. The molecule has 0 fully saturated rings. The molecule has 1 aromatic rings. The summed E-state index contributed by atoms with van der Waals surface area (Å²) in [5, 5.41) is 9.55. The number of hydrogen-bond donors (Lipinski definition) is 1. The molecule has 5 nitrogen and oxygen atoms in total. The normalized spacial score (nSPS) is 10.2. The van der Waals surface area contributed by atoms with Gasteiger partial charge in [-0.25, -0.2) is 9.59 Å². The highest BCUT2D eigenvalue weighted by Crippen LogP contribution is 2.14. The van der Waals surface area contributed by atoms with E-state index in [1.165, 1.54) is 26.4 Å². The fourth-order valence-electron chi connectivity index (χ4n) is 1.41. The zero-order chi connectivity index (χ0) is 15.3. The van der Waals surface area contributed by atoms with Gasteiger partial charge in [0.2, 0.25) is 0 Å². The van der Waals surface area contributed by atoms with Crippen molar-refractivity contribution in [1.29, 1.82) is 0 Å². The fourth-order valence-corrected chi connectivity index (χ4v) is 1.41. The molecular formula is C15H16O5. The first-order chi connectivity index (χ1) is 9.28. The average molecular weight is 276 g/mol. The average Bonchev–Trinajstić information content (AvgIpc) is 2.42. The summed E-state index contributed by atoms with van der Waals surface area (Å²) >= 11 is 0. The van der Waals surface area contributed by atoms with Gasteiger partial charge in [0, 0.05) is 5.56 Å². The van der Waals surface area contributed by atoms with Gasteiger partial charge in [-0.05, 0) is 32.0 Å². The van der Waals surface area contributed by atoms with E-state index >= 15 is 0 Å². The van der Waals surface area contributed by atoms with Crippen molar-refractivity contribution in [2.24, 2.45) is 0 Å². The largest absolute Gasteiger partial charge is 0.465 e. The first-order valence-corrected chi connectivity index (χ1v) is 5.84. The van der Waals surface area contributed by atoms with Gasteiger partial charge in [0.25, 0.3) is 0 Å². The van der Waals surface area contributed by atoms with Crippen LogP contribution in [0.3, 0.4) is 0 Å². The van der Waals surface area contributed by atoms with Crippen LogP contribution in [0.1, 0.15) is 40.1 Å². The maximum atomic E-state index is 11.7. The van der Waals surface area contributed by atoms with E-state index in [4.69, 9.17) is 0 Å². The second kappa shape index (κ2) is 6.22. The van der Waals surface area contributed by atoms with Crippen LogP contribution in [-0.2, 0) is 9.47 Å². The number of methoxy groups -OCH3 is 2. The van der Waals surface area contributed by atoms with E-state index in [9.17, 15) is 14.7 Å². The molecule has 0 aliphatic carbocycles. The van der Waals surface area contributed by atoms with E-state index < -0.39 is 17.5 Å². The number of aliphatic hydroxyl groups is 1. The lowest BCUT2D eigenvalue weighted by atomic mass is 10.0. The summed E-state index contributed by atoms with van der Waals surface area (Å²) < 4.78 is 9.23. The monoisotopic (exact) mass is 276 g/mol. The summed E-state index contributed by atoms with van der Waals surface area (Å²) in [7, 11) is 2.45. The lowest BCUT2D eigenvalue weighted by Crippen LogP contribution is -2.15. The third-order valence-corrected chi connectivity index (χ3v) is 2.34. The standard InChI is InChI=1S/C15H16O5/c1-15(2,18)8-7-10-5-6-11(13(16)19-3)12(9-10)14(17)20-4/h5-6,9,18H,1-4H3. The van der Waals surface area contributed by atoms with E-state index in [0.29, 0.717) is 5.56 Å². The predicted octanol–water partition coefficient (Wildman–Crippen LogP) is 1.38. The summed E-state index contributed by atoms with van der Waals surface area (Å²) in [6.45, 7) is 3.09. The molecule has 1 rings (SSSR count). The van der Waals surface area contributed by atoms with Crippen molar-refractivity contribution < 1.29 is 24.2 Å². The second-order valence-electron chi connectivity index (χ2n) is 4.55. The maximum absolute atomic E-state index is 11.7. The van der Waals surface area contributed by atoms with Gasteiger partial charge in [-0.15, -0.1) is 0 Å².